The van der Waals surface area contributed by atoms with Gasteiger partial charge in [0.15, 0.2) is 5.69 Å². The summed E-state index contributed by atoms with van der Waals surface area (Å²) in [6, 6.07) is 9.96. The predicted molar refractivity (Wildman–Crippen MR) is 69.1 cm³/mol. The number of nitrogens with zero attached hydrogens (tertiary/aromatic N) is 2. The number of hydrogen-bond donors (Lipinski definition) is 2. The highest BCUT2D eigenvalue weighted by atomic mass is 15.3. The largest absolute Gasteiger partial charge is 0.393 e. The van der Waals surface area contributed by atoms with Crippen molar-refractivity contribution in [1.82, 2.24) is 9.78 Å². The molecular formula is C13H14N4. The lowest BCUT2D eigenvalue weighted by Crippen LogP contribution is -2.06. The van der Waals surface area contributed by atoms with E-state index in [4.69, 9.17) is 11.5 Å². The van der Waals surface area contributed by atoms with Crippen molar-refractivity contribution in [2.75, 3.05) is 11.5 Å². The van der Waals surface area contributed by atoms with E-state index in [1.807, 2.05) is 30.3 Å². The zero-order valence-corrected chi connectivity index (χ0v) is 9.64. The lowest BCUT2D eigenvalue weighted by atomic mass is 10.2. The topological polar surface area (TPSA) is 69.9 Å². The molecule has 4 nitrogen and oxygen atoms in total. The second-order valence-corrected chi connectivity index (χ2v) is 3.67. The fourth-order valence-electron chi connectivity index (χ4n) is 1.58. The molecule has 1 aromatic heterocycles. The first kappa shape index (κ1) is 11.1. The maximum absolute atomic E-state index is 5.89. The lowest BCUT2D eigenvalue weighted by Gasteiger charge is -2.03. The van der Waals surface area contributed by atoms with E-state index in [1.165, 1.54) is 0 Å². The summed E-state index contributed by atoms with van der Waals surface area (Å²) in [7, 11) is 0. The molecule has 0 spiro atoms. The first-order valence-electron chi connectivity index (χ1n) is 5.31. The minimum Gasteiger partial charge on any atom is -0.393 e. The zero-order valence-electron chi connectivity index (χ0n) is 9.64. The molecule has 2 rings (SSSR count). The smallest absolute Gasteiger partial charge is 0.160 e. The summed E-state index contributed by atoms with van der Waals surface area (Å²) >= 11 is 0. The molecule has 17 heavy (non-hydrogen) atoms. The number of aromatic nitrogens is 2. The van der Waals surface area contributed by atoms with E-state index in [0.29, 0.717) is 23.7 Å². The molecule has 0 bridgehead atoms. The van der Waals surface area contributed by atoms with Crippen LogP contribution in [0.5, 0.6) is 0 Å². The minimum atomic E-state index is 0.454. The minimum absolute atomic E-state index is 0.454. The Labute approximate surface area is 100 Å². The third-order valence-electron chi connectivity index (χ3n) is 2.45. The van der Waals surface area contributed by atoms with E-state index in [0.717, 1.165) is 5.56 Å². The van der Waals surface area contributed by atoms with Gasteiger partial charge in [-0.15, -0.1) is 0 Å². The van der Waals surface area contributed by atoms with Crippen LogP contribution in [0.2, 0.25) is 0 Å². The molecule has 0 atom stereocenters. The van der Waals surface area contributed by atoms with Crippen LogP contribution in [0.25, 0.3) is 0 Å². The van der Waals surface area contributed by atoms with Gasteiger partial charge in [0.1, 0.15) is 11.5 Å². The van der Waals surface area contributed by atoms with Crippen LogP contribution in [0.1, 0.15) is 18.2 Å². The van der Waals surface area contributed by atoms with Crippen LogP contribution in [0.3, 0.4) is 0 Å². The summed E-state index contributed by atoms with van der Waals surface area (Å²) < 4.78 is 1.67. The molecule has 0 saturated heterocycles. The highest BCUT2D eigenvalue weighted by Gasteiger charge is 2.10. The van der Waals surface area contributed by atoms with Gasteiger partial charge >= 0.3 is 0 Å². The lowest BCUT2D eigenvalue weighted by molar-refractivity contribution is 0.694. The Morgan fingerprint density at radius 3 is 2.59 bits per heavy atom. The van der Waals surface area contributed by atoms with Gasteiger partial charge in [-0.25, -0.2) is 4.68 Å². The number of benzene rings is 1. The van der Waals surface area contributed by atoms with E-state index >= 15 is 0 Å². The van der Waals surface area contributed by atoms with Gasteiger partial charge in [0.2, 0.25) is 0 Å². The van der Waals surface area contributed by atoms with Gasteiger partial charge in [0.25, 0.3) is 0 Å². The Bertz CT molecular complexity index is 573. The number of nitrogen functional groups attached to an aromatic ring is 2. The highest BCUT2D eigenvalue weighted by Crippen LogP contribution is 2.19. The van der Waals surface area contributed by atoms with Crippen LogP contribution in [0.4, 0.5) is 11.5 Å². The summed E-state index contributed by atoms with van der Waals surface area (Å²) in [6.45, 7) is 2.34. The molecule has 0 aliphatic carbocycles. The van der Waals surface area contributed by atoms with Gasteiger partial charge in [0, 0.05) is 0 Å². The molecule has 0 amide bonds. The summed E-state index contributed by atoms with van der Waals surface area (Å²) in [6.07, 6.45) is 0. The first-order valence-corrected chi connectivity index (χ1v) is 5.31. The molecule has 0 aliphatic rings. The van der Waals surface area contributed by atoms with Crippen LogP contribution >= 0.6 is 0 Å². The molecule has 86 valence electrons. The molecular weight excluding hydrogens is 212 g/mol. The standard InChI is InChI=1S/C13H14N4/c1-2-6-11-12(14)13(15)17(16-11)9-10-7-4-3-5-8-10/h3-5,7-8H,9,14-15H2,1H3. The SMILES string of the molecule is CC#Cc1nn(Cc2ccccc2)c(N)c1N. The quantitative estimate of drug-likeness (QED) is 0.762. The summed E-state index contributed by atoms with van der Waals surface area (Å²) in [5, 5.41) is 4.29. The molecule has 1 aromatic carbocycles. The first-order chi connectivity index (χ1) is 8.22. The van der Waals surface area contributed by atoms with Crippen LogP contribution < -0.4 is 11.5 Å². The second kappa shape index (κ2) is 4.62. The van der Waals surface area contributed by atoms with Gasteiger partial charge in [-0.2, -0.15) is 5.10 Å². The Morgan fingerprint density at radius 2 is 1.94 bits per heavy atom. The highest BCUT2D eigenvalue weighted by molar-refractivity contribution is 5.66. The third kappa shape index (κ3) is 2.23. The molecule has 4 N–H and O–H groups in total. The second-order valence-electron chi connectivity index (χ2n) is 3.67. The predicted octanol–water partition coefficient (Wildman–Crippen LogP) is 1.47. The molecule has 1 heterocycles. The fourth-order valence-corrected chi connectivity index (χ4v) is 1.58. The summed E-state index contributed by atoms with van der Waals surface area (Å²) in [5.74, 6) is 6.07. The Balaban J connectivity index is 2.33. The average molecular weight is 226 g/mol. The maximum Gasteiger partial charge on any atom is 0.160 e. The van der Waals surface area contributed by atoms with E-state index < -0.39 is 0 Å². The van der Waals surface area contributed by atoms with Gasteiger partial charge in [0.05, 0.1) is 6.54 Å². The van der Waals surface area contributed by atoms with E-state index in [9.17, 15) is 0 Å². The van der Waals surface area contributed by atoms with Gasteiger partial charge < -0.3 is 11.5 Å². The molecule has 2 aromatic rings. The van der Waals surface area contributed by atoms with Crippen LogP contribution in [0.15, 0.2) is 30.3 Å². The van der Waals surface area contributed by atoms with Crippen molar-refractivity contribution in [3.05, 3.63) is 41.6 Å². The van der Waals surface area contributed by atoms with Crippen molar-refractivity contribution in [3.8, 4) is 11.8 Å². The van der Waals surface area contributed by atoms with Gasteiger partial charge in [-0.1, -0.05) is 36.3 Å². The molecule has 0 radical (unpaired) electrons. The summed E-state index contributed by atoms with van der Waals surface area (Å²) in [5.41, 5.74) is 13.8. The third-order valence-corrected chi connectivity index (χ3v) is 2.45. The number of anilines is 2. The van der Waals surface area contributed by atoms with E-state index in [-0.39, 0.29) is 0 Å². The molecule has 4 heteroatoms. The Kier molecular flexibility index (Phi) is 3.01. The normalized spacial score (nSPS) is 9.71. The number of rotatable bonds is 2. The van der Waals surface area contributed by atoms with Crippen molar-refractivity contribution in [1.29, 1.82) is 0 Å². The Hall–Kier alpha value is -2.41. The number of hydrogen-bond acceptors (Lipinski definition) is 3. The fraction of sp³-hybridized carbons (Fsp3) is 0.154. The van der Waals surface area contributed by atoms with Gasteiger partial charge in [-0.05, 0) is 18.4 Å². The van der Waals surface area contributed by atoms with Crippen molar-refractivity contribution >= 4 is 11.5 Å². The van der Waals surface area contributed by atoms with Crippen molar-refractivity contribution in [3.63, 3.8) is 0 Å². The van der Waals surface area contributed by atoms with Crippen LogP contribution in [-0.4, -0.2) is 9.78 Å². The summed E-state index contributed by atoms with van der Waals surface area (Å²) in [4.78, 5) is 0. The van der Waals surface area contributed by atoms with Crippen molar-refractivity contribution < 1.29 is 0 Å². The molecule has 0 saturated carbocycles. The van der Waals surface area contributed by atoms with Crippen LogP contribution in [0, 0.1) is 11.8 Å². The van der Waals surface area contributed by atoms with Crippen LogP contribution in [-0.2, 0) is 6.54 Å². The maximum atomic E-state index is 5.89. The molecule has 0 fully saturated rings. The Morgan fingerprint density at radius 1 is 1.24 bits per heavy atom. The molecule has 0 unspecified atom stereocenters. The zero-order chi connectivity index (χ0) is 12.3. The van der Waals surface area contributed by atoms with E-state index in [1.54, 1.807) is 11.6 Å². The van der Waals surface area contributed by atoms with Crippen molar-refractivity contribution in [2.24, 2.45) is 0 Å². The number of nitrogens with two attached hydrogens (primary N) is 2. The molecule has 0 aliphatic heterocycles. The van der Waals surface area contributed by atoms with E-state index in [2.05, 4.69) is 16.9 Å². The van der Waals surface area contributed by atoms with Crippen molar-refractivity contribution in [2.45, 2.75) is 13.5 Å². The average Bonchev–Trinajstić information content (AvgIpc) is 2.60. The van der Waals surface area contributed by atoms with Gasteiger partial charge in [-0.3, -0.25) is 0 Å². The monoisotopic (exact) mass is 226 g/mol.